The molecule has 2 unspecified atom stereocenters. The summed E-state index contributed by atoms with van der Waals surface area (Å²) in [5.41, 5.74) is -0.618. The van der Waals surface area contributed by atoms with Crippen LogP contribution in [0.2, 0.25) is 10.0 Å². The molecule has 0 bridgehead atoms. The topological polar surface area (TPSA) is 72.2 Å². The quantitative estimate of drug-likeness (QED) is 0.359. The second-order valence-electron chi connectivity index (χ2n) is 6.82. The molecule has 170 valence electrons. The molecule has 1 aromatic heterocycles. The van der Waals surface area contributed by atoms with Crippen LogP contribution in [-0.4, -0.2) is 16.9 Å². The number of Topliss-reactive ketones (excluding diaryl/α,β-unsaturated/α-hetero) is 1. The predicted octanol–water partition coefficient (Wildman–Crippen LogP) is 6.84. The molecule has 0 saturated carbocycles. The van der Waals surface area contributed by atoms with E-state index in [9.17, 15) is 23.2 Å². The highest BCUT2D eigenvalue weighted by atomic mass is 35.5. The van der Waals surface area contributed by atoms with Crippen LogP contribution in [0.3, 0.4) is 0 Å². The molecule has 0 aliphatic rings. The van der Waals surface area contributed by atoms with Crippen LogP contribution < -0.4 is 9.47 Å². The maximum Gasteiger partial charge on any atom is 0.416 e. The third kappa shape index (κ3) is 5.95. The molecular weight excluding hydrogens is 480 g/mol. The fourth-order valence-electron chi connectivity index (χ4n) is 2.83. The molecule has 2 atom stereocenters. The van der Waals surface area contributed by atoms with Gasteiger partial charge in [0.2, 0.25) is 0 Å². The first kappa shape index (κ1) is 24.4. The van der Waals surface area contributed by atoms with Crippen molar-refractivity contribution in [3.05, 3.63) is 82.1 Å². The van der Waals surface area contributed by atoms with Crippen molar-refractivity contribution in [2.45, 2.75) is 25.1 Å². The number of halogens is 5. The Labute approximate surface area is 197 Å². The molecule has 3 rings (SSSR count). The predicted molar refractivity (Wildman–Crippen MR) is 116 cm³/mol. The minimum atomic E-state index is -4.54. The average molecular weight is 495 g/mol. The van der Waals surface area contributed by atoms with E-state index >= 15 is 0 Å². The Balaban J connectivity index is 1.78. The number of carbonyl (C=O) groups is 1. The number of aromatic nitrogens is 1. The number of carbonyl (C=O) groups excluding carboxylic acids is 1. The Morgan fingerprint density at radius 3 is 2.42 bits per heavy atom. The number of nitriles is 1. The molecule has 1 heterocycles. The van der Waals surface area contributed by atoms with Gasteiger partial charge in [-0.05, 0) is 49.4 Å². The molecule has 0 spiro atoms. The molecule has 10 heteroatoms. The summed E-state index contributed by atoms with van der Waals surface area (Å²) in [6.07, 6.45) is -4.12. The molecule has 5 nitrogen and oxygen atoms in total. The number of ketones is 1. The van der Waals surface area contributed by atoms with E-state index < -0.39 is 29.5 Å². The third-order valence-corrected chi connectivity index (χ3v) is 5.10. The lowest BCUT2D eigenvalue weighted by molar-refractivity contribution is -0.137. The molecule has 0 amide bonds. The minimum Gasteiger partial charge on any atom is -0.481 e. The second kappa shape index (κ2) is 10.1. The lowest BCUT2D eigenvalue weighted by Gasteiger charge is -2.18. The molecule has 2 aromatic carbocycles. The highest BCUT2D eigenvalue weighted by Crippen LogP contribution is 2.38. The SMILES string of the molecule is CC(Oc1cc(Oc2ccc(C(F)(F)F)cc2Cl)ccc1Cl)C(=O)C(C#N)c1ccccn1. The van der Waals surface area contributed by atoms with E-state index in [1.165, 1.54) is 31.3 Å². The van der Waals surface area contributed by atoms with E-state index in [1.54, 1.807) is 18.2 Å². The third-order valence-electron chi connectivity index (χ3n) is 4.49. The molecule has 0 aliphatic carbocycles. The zero-order valence-electron chi connectivity index (χ0n) is 16.9. The first-order chi connectivity index (χ1) is 15.6. The van der Waals surface area contributed by atoms with Crippen LogP contribution in [0.1, 0.15) is 24.1 Å². The molecule has 0 fully saturated rings. The molecule has 33 heavy (non-hydrogen) atoms. The molecule has 0 radical (unpaired) electrons. The van der Waals surface area contributed by atoms with Gasteiger partial charge in [-0.2, -0.15) is 18.4 Å². The van der Waals surface area contributed by atoms with Gasteiger partial charge >= 0.3 is 6.18 Å². The summed E-state index contributed by atoms with van der Waals surface area (Å²) >= 11 is 12.1. The van der Waals surface area contributed by atoms with Gasteiger partial charge in [-0.3, -0.25) is 9.78 Å². The van der Waals surface area contributed by atoms with Crippen LogP contribution in [0.5, 0.6) is 17.2 Å². The number of nitrogens with zero attached hydrogens (tertiary/aromatic N) is 2. The average Bonchev–Trinajstić information content (AvgIpc) is 2.77. The Morgan fingerprint density at radius 1 is 1.06 bits per heavy atom. The molecule has 0 aliphatic heterocycles. The van der Waals surface area contributed by atoms with Crippen molar-refractivity contribution in [3.8, 4) is 23.3 Å². The van der Waals surface area contributed by atoms with Crippen molar-refractivity contribution in [2.75, 3.05) is 0 Å². The number of rotatable bonds is 7. The lowest BCUT2D eigenvalue weighted by Crippen LogP contribution is -2.29. The van der Waals surface area contributed by atoms with E-state index in [2.05, 4.69) is 4.98 Å². The lowest BCUT2D eigenvalue weighted by atomic mass is 9.98. The van der Waals surface area contributed by atoms with Crippen molar-refractivity contribution >= 4 is 29.0 Å². The molecule has 0 saturated heterocycles. The number of benzene rings is 2. The van der Waals surface area contributed by atoms with Crippen molar-refractivity contribution < 1.29 is 27.4 Å². The highest BCUT2D eigenvalue weighted by Gasteiger charge is 2.31. The fourth-order valence-corrected chi connectivity index (χ4v) is 3.21. The van der Waals surface area contributed by atoms with Gasteiger partial charge < -0.3 is 9.47 Å². The maximum absolute atomic E-state index is 12.8. The van der Waals surface area contributed by atoms with Gasteiger partial charge in [-0.15, -0.1) is 0 Å². The summed E-state index contributed by atoms with van der Waals surface area (Å²) in [5.74, 6) is -1.43. The minimum absolute atomic E-state index is 0.0123. The summed E-state index contributed by atoms with van der Waals surface area (Å²) in [5, 5.41) is 9.35. The number of pyridine rings is 1. The second-order valence-corrected chi connectivity index (χ2v) is 7.63. The van der Waals surface area contributed by atoms with Gasteiger partial charge in [0, 0.05) is 12.3 Å². The molecule has 3 aromatic rings. The molecular formula is C23H15Cl2F3N2O3. The Morgan fingerprint density at radius 2 is 1.82 bits per heavy atom. The highest BCUT2D eigenvalue weighted by molar-refractivity contribution is 6.32. The Hall–Kier alpha value is -3.28. The van der Waals surface area contributed by atoms with Gasteiger partial charge in [0.15, 0.2) is 17.8 Å². The summed E-state index contributed by atoms with van der Waals surface area (Å²) < 4.78 is 49.7. The zero-order chi connectivity index (χ0) is 24.2. The summed E-state index contributed by atoms with van der Waals surface area (Å²) in [7, 11) is 0. The standard InChI is InChI=1S/C23H15Cl2F3N2O3/c1-13(22(31)16(12-29)19-4-2-3-9-30-19)32-21-11-15(6-7-17(21)24)33-20-8-5-14(10-18(20)25)23(26,27)28/h2-11,13,16H,1H3. The van der Waals surface area contributed by atoms with Gasteiger partial charge in [-0.1, -0.05) is 29.3 Å². The first-order valence-corrected chi connectivity index (χ1v) is 10.2. The van der Waals surface area contributed by atoms with E-state index in [-0.39, 0.29) is 27.3 Å². The number of alkyl halides is 3. The zero-order valence-corrected chi connectivity index (χ0v) is 18.4. The summed E-state index contributed by atoms with van der Waals surface area (Å²) in [6, 6.07) is 13.8. The molecule has 0 N–H and O–H groups in total. The summed E-state index contributed by atoms with van der Waals surface area (Å²) in [4.78, 5) is 16.8. The van der Waals surface area contributed by atoms with Crippen LogP contribution in [0, 0.1) is 11.3 Å². The van der Waals surface area contributed by atoms with Crippen molar-refractivity contribution in [1.82, 2.24) is 4.98 Å². The van der Waals surface area contributed by atoms with Crippen LogP contribution in [0.25, 0.3) is 0 Å². The van der Waals surface area contributed by atoms with Crippen molar-refractivity contribution in [1.29, 1.82) is 5.26 Å². The van der Waals surface area contributed by atoms with Crippen LogP contribution >= 0.6 is 23.2 Å². The normalized spacial score (nSPS) is 13.0. The number of hydrogen-bond donors (Lipinski definition) is 0. The maximum atomic E-state index is 12.8. The van der Waals surface area contributed by atoms with Crippen molar-refractivity contribution in [2.24, 2.45) is 0 Å². The number of hydrogen-bond acceptors (Lipinski definition) is 5. The van der Waals surface area contributed by atoms with E-state index in [1.807, 2.05) is 6.07 Å². The Kier molecular flexibility index (Phi) is 7.46. The van der Waals surface area contributed by atoms with Gasteiger partial charge in [0.1, 0.15) is 17.2 Å². The van der Waals surface area contributed by atoms with E-state index in [4.69, 9.17) is 32.7 Å². The monoisotopic (exact) mass is 494 g/mol. The largest absolute Gasteiger partial charge is 0.481 e. The van der Waals surface area contributed by atoms with Gasteiger partial charge in [-0.25, -0.2) is 0 Å². The fraction of sp³-hybridized carbons (Fsp3) is 0.174. The first-order valence-electron chi connectivity index (χ1n) is 9.45. The summed E-state index contributed by atoms with van der Waals surface area (Å²) in [6.45, 7) is 1.46. The van der Waals surface area contributed by atoms with Gasteiger partial charge in [0.05, 0.1) is 27.4 Å². The van der Waals surface area contributed by atoms with E-state index in [0.717, 1.165) is 18.2 Å². The van der Waals surface area contributed by atoms with Crippen LogP contribution in [-0.2, 0) is 11.0 Å². The van der Waals surface area contributed by atoms with Crippen molar-refractivity contribution in [3.63, 3.8) is 0 Å². The van der Waals surface area contributed by atoms with Gasteiger partial charge in [0.25, 0.3) is 0 Å². The van der Waals surface area contributed by atoms with E-state index in [0.29, 0.717) is 5.69 Å². The van der Waals surface area contributed by atoms with Crippen LogP contribution in [0.4, 0.5) is 13.2 Å². The Bertz CT molecular complexity index is 1200. The number of ether oxygens (including phenoxy) is 2. The van der Waals surface area contributed by atoms with Crippen LogP contribution in [0.15, 0.2) is 60.8 Å². The smallest absolute Gasteiger partial charge is 0.416 e.